The Morgan fingerprint density at radius 2 is 2.16 bits per heavy atom. The molecule has 0 aromatic carbocycles. The van der Waals surface area contributed by atoms with Crippen LogP contribution in [0.15, 0.2) is 43.0 Å². The fourth-order valence-electron chi connectivity index (χ4n) is 2.73. The van der Waals surface area contributed by atoms with Gasteiger partial charge in [0.2, 0.25) is 0 Å². The van der Waals surface area contributed by atoms with Gasteiger partial charge in [-0.2, -0.15) is 0 Å². The van der Waals surface area contributed by atoms with Crippen molar-refractivity contribution in [1.82, 2.24) is 15.0 Å². The van der Waals surface area contributed by atoms with Gasteiger partial charge in [-0.05, 0) is 43.4 Å². The average molecular weight is 254 g/mol. The maximum Gasteiger partial charge on any atom is 0.131 e. The SMILES string of the molecule is c1ccc(C[C@H]2CCCN(c3ccncn3)C2)nc1. The molecule has 0 bridgehead atoms. The standard InChI is InChI=1S/C15H18N4/c1-2-7-17-14(5-1)10-13-4-3-9-19(11-13)15-6-8-16-12-18-15/h1-2,5-8,12-13H,3-4,9-11H2/t13-/m1/s1. The summed E-state index contributed by atoms with van der Waals surface area (Å²) in [6.45, 7) is 2.16. The quantitative estimate of drug-likeness (QED) is 0.843. The molecule has 0 unspecified atom stereocenters. The van der Waals surface area contributed by atoms with E-state index >= 15 is 0 Å². The Morgan fingerprint density at radius 1 is 1.16 bits per heavy atom. The largest absolute Gasteiger partial charge is 0.356 e. The van der Waals surface area contributed by atoms with Crippen molar-refractivity contribution in [1.29, 1.82) is 0 Å². The molecule has 0 N–H and O–H groups in total. The first-order valence-electron chi connectivity index (χ1n) is 6.83. The predicted octanol–water partition coefficient (Wildman–Crippen LogP) is 2.33. The summed E-state index contributed by atoms with van der Waals surface area (Å²) in [6, 6.07) is 8.14. The minimum absolute atomic E-state index is 0.665. The third kappa shape index (κ3) is 3.08. The van der Waals surface area contributed by atoms with Gasteiger partial charge in [-0.15, -0.1) is 0 Å². The van der Waals surface area contributed by atoms with E-state index in [1.807, 2.05) is 24.5 Å². The summed E-state index contributed by atoms with van der Waals surface area (Å²) in [5.74, 6) is 1.71. The third-order valence-electron chi connectivity index (χ3n) is 3.63. The fraction of sp³-hybridized carbons (Fsp3) is 0.400. The van der Waals surface area contributed by atoms with Crippen LogP contribution in [0.5, 0.6) is 0 Å². The maximum absolute atomic E-state index is 4.43. The Labute approximate surface area is 113 Å². The van der Waals surface area contributed by atoms with Gasteiger partial charge in [0.05, 0.1) is 0 Å². The summed E-state index contributed by atoms with van der Waals surface area (Å²) < 4.78 is 0. The normalized spacial score (nSPS) is 19.4. The van der Waals surface area contributed by atoms with Gasteiger partial charge in [-0.25, -0.2) is 9.97 Å². The summed E-state index contributed by atoms with van der Waals surface area (Å²) >= 11 is 0. The van der Waals surface area contributed by atoms with E-state index in [4.69, 9.17) is 0 Å². The van der Waals surface area contributed by atoms with Gasteiger partial charge in [0.25, 0.3) is 0 Å². The smallest absolute Gasteiger partial charge is 0.131 e. The van der Waals surface area contributed by atoms with Crippen molar-refractivity contribution in [3.63, 3.8) is 0 Å². The van der Waals surface area contributed by atoms with Gasteiger partial charge in [0.1, 0.15) is 12.1 Å². The Hall–Kier alpha value is -1.97. The summed E-state index contributed by atoms with van der Waals surface area (Å²) in [5.41, 5.74) is 1.19. The van der Waals surface area contributed by atoms with E-state index in [9.17, 15) is 0 Å². The maximum atomic E-state index is 4.43. The van der Waals surface area contributed by atoms with Gasteiger partial charge >= 0.3 is 0 Å². The number of piperidine rings is 1. The van der Waals surface area contributed by atoms with E-state index < -0.39 is 0 Å². The third-order valence-corrected chi connectivity index (χ3v) is 3.63. The van der Waals surface area contributed by atoms with Crippen molar-refractivity contribution in [3.8, 4) is 0 Å². The highest BCUT2D eigenvalue weighted by Gasteiger charge is 2.21. The molecule has 1 fully saturated rings. The van der Waals surface area contributed by atoms with Crippen LogP contribution < -0.4 is 4.90 Å². The van der Waals surface area contributed by atoms with Gasteiger partial charge in [-0.1, -0.05) is 6.07 Å². The van der Waals surface area contributed by atoms with Crippen LogP contribution in [-0.2, 0) is 6.42 Å². The molecular formula is C15H18N4. The number of aromatic nitrogens is 3. The second kappa shape index (κ2) is 5.78. The molecule has 3 rings (SSSR count). The average Bonchev–Trinajstić information content (AvgIpc) is 2.49. The summed E-state index contributed by atoms with van der Waals surface area (Å²) in [5, 5.41) is 0. The Balaban J connectivity index is 1.65. The molecule has 0 saturated carbocycles. The van der Waals surface area contributed by atoms with E-state index in [2.05, 4.69) is 32.0 Å². The number of hydrogen-bond acceptors (Lipinski definition) is 4. The molecule has 98 valence electrons. The van der Waals surface area contributed by atoms with Crippen molar-refractivity contribution in [2.24, 2.45) is 5.92 Å². The number of hydrogen-bond donors (Lipinski definition) is 0. The van der Waals surface area contributed by atoms with Gasteiger partial charge in [0.15, 0.2) is 0 Å². The van der Waals surface area contributed by atoms with Crippen LogP contribution in [0.2, 0.25) is 0 Å². The summed E-state index contributed by atoms with van der Waals surface area (Å²) in [4.78, 5) is 15.1. The molecule has 19 heavy (non-hydrogen) atoms. The van der Waals surface area contributed by atoms with E-state index in [1.165, 1.54) is 18.5 Å². The highest BCUT2D eigenvalue weighted by atomic mass is 15.2. The monoisotopic (exact) mass is 254 g/mol. The van der Waals surface area contributed by atoms with Crippen LogP contribution >= 0.6 is 0 Å². The lowest BCUT2D eigenvalue weighted by molar-refractivity contribution is 0.408. The van der Waals surface area contributed by atoms with Crippen molar-refractivity contribution in [2.45, 2.75) is 19.3 Å². The van der Waals surface area contributed by atoms with Crippen LogP contribution in [0, 0.1) is 5.92 Å². The zero-order chi connectivity index (χ0) is 12.9. The molecule has 2 aromatic heterocycles. The van der Waals surface area contributed by atoms with E-state index in [0.29, 0.717) is 5.92 Å². The zero-order valence-corrected chi connectivity index (χ0v) is 10.9. The van der Waals surface area contributed by atoms with E-state index in [-0.39, 0.29) is 0 Å². The first kappa shape index (κ1) is 12.1. The van der Waals surface area contributed by atoms with Gasteiger partial charge in [0, 0.05) is 31.2 Å². The van der Waals surface area contributed by atoms with Crippen LogP contribution in [-0.4, -0.2) is 28.0 Å². The predicted molar refractivity (Wildman–Crippen MR) is 74.9 cm³/mol. The molecule has 4 nitrogen and oxygen atoms in total. The van der Waals surface area contributed by atoms with Crippen LogP contribution in [0.1, 0.15) is 18.5 Å². The molecule has 2 aromatic rings. The van der Waals surface area contributed by atoms with Crippen LogP contribution in [0.4, 0.5) is 5.82 Å². The first-order chi connectivity index (χ1) is 9.42. The molecule has 3 heterocycles. The minimum atomic E-state index is 0.665. The second-order valence-electron chi connectivity index (χ2n) is 5.05. The molecule has 1 saturated heterocycles. The lowest BCUT2D eigenvalue weighted by Gasteiger charge is -2.33. The number of pyridine rings is 1. The molecule has 0 spiro atoms. The lowest BCUT2D eigenvalue weighted by Crippen LogP contribution is -2.36. The van der Waals surface area contributed by atoms with Crippen molar-refractivity contribution >= 4 is 5.82 Å². The Bertz CT molecular complexity index is 500. The van der Waals surface area contributed by atoms with Gasteiger partial charge < -0.3 is 4.90 Å². The Morgan fingerprint density at radius 3 is 2.95 bits per heavy atom. The fourth-order valence-corrected chi connectivity index (χ4v) is 2.73. The van der Waals surface area contributed by atoms with Crippen molar-refractivity contribution in [3.05, 3.63) is 48.7 Å². The zero-order valence-electron chi connectivity index (χ0n) is 10.9. The molecule has 0 amide bonds. The molecule has 4 heteroatoms. The Kier molecular flexibility index (Phi) is 3.68. The number of anilines is 1. The second-order valence-corrected chi connectivity index (χ2v) is 5.05. The highest BCUT2D eigenvalue weighted by Crippen LogP contribution is 2.23. The molecule has 0 radical (unpaired) electrons. The molecule has 0 aliphatic carbocycles. The summed E-state index contributed by atoms with van der Waals surface area (Å²) in [6.07, 6.45) is 8.87. The van der Waals surface area contributed by atoms with Crippen LogP contribution in [0.3, 0.4) is 0 Å². The first-order valence-corrected chi connectivity index (χ1v) is 6.83. The van der Waals surface area contributed by atoms with Gasteiger partial charge in [-0.3, -0.25) is 4.98 Å². The molecular weight excluding hydrogens is 236 g/mol. The van der Waals surface area contributed by atoms with Crippen LogP contribution in [0.25, 0.3) is 0 Å². The number of nitrogens with zero attached hydrogens (tertiary/aromatic N) is 4. The minimum Gasteiger partial charge on any atom is -0.356 e. The molecule has 1 aliphatic rings. The number of rotatable bonds is 3. The van der Waals surface area contributed by atoms with E-state index in [1.54, 1.807) is 6.33 Å². The molecule has 1 aliphatic heterocycles. The summed E-state index contributed by atoms with van der Waals surface area (Å²) in [7, 11) is 0. The van der Waals surface area contributed by atoms with E-state index in [0.717, 1.165) is 25.3 Å². The molecule has 1 atom stereocenters. The van der Waals surface area contributed by atoms with Crippen molar-refractivity contribution in [2.75, 3.05) is 18.0 Å². The van der Waals surface area contributed by atoms with Crippen molar-refractivity contribution < 1.29 is 0 Å². The lowest BCUT2D eigenvalue weighted by atomic mass is 9.93. The highest BCUT2D eigenvalue weighted by molar-refractivity contribution is 5.37. The topological polar surface area (TPSA) is 41.9 Å².